The third kappa shape index (κ3) is 9.79. The highest BCUT2D eigenvalue weighted by atomic mass is 35.5. The molecule has 4 aromatic rings. The molecule has 5 N–H and O–H groups in total. The van der Waals surface area contributed by atoms with Crippen molar-refractivity contribution in [3.8, 4) is 0 Å². The summed E-state index contributed by atoms with van der Waals surface area (Å²) < 4.78 is 14.6. The SMILES string of the molecule is Nc1ccccc1NC(=O)CCCCCCC(=O)Nc1cccc([C@H]2O[C@@H](Cn3cnc(Cl)c3Cl)C[C@@H](c3ccc(CO)cc3)O2)c1. The van der Waals surface area contributed by atoms with Gasteiger partial charge in [0, 0.05) is 30.5 Å². The zero-order chi connectivity index (χ0) is 33.2. The minimum absolute atomic E-state index is 0.0389. The molecule has 1 aromatic heterocycles. The molecule has 3 atom stereocenters. The second kappa shape index (κ2) is 16.8. The van der Waals surface area contributed by atoms with Crippen molar-refractivity contribution in [2.24, 2.45) is 0 Å². The van der Waals surface area contributed by atoms with Crippen molar-refractivity contribution in [3.05, 3.63) is 106 Å². The number of carbonyl (C=O) groups is 2. The van der Waals surface area contributed by atoms with Gasteiger partial charge in [-0.05, 0) is 48.2 Å². The van der Waals surface area contributed by atoms with Gasteiger partial charge in [0.25, 0.3) is 0 Å². The van der Waals surface area contributed by atoms with Crippen LogP contribution in [0.4, 0.5) is 17.1 Å². The van der Waals surface area contributed by atoms with Crippen molar-refractivity contribution in [1.82, 2.24) is 9.55 Å². The van der Waals surface area contributed by atoms with Crippen molar-refractivity contribution in [3.63, 3.8) is 0 Å². The van der Waals surface area contributed by atoms with Gasteiger partial charge in [0.1, 0.15) is 5.15 Å². The Balaban J connectivity index is 1.13. The fourth-order valence-electron chi connectivity index (χ4n) is 5.46. The lowest BCUT2D eigenvalue weighted by Gasteiger charge is -2.36. The van der Waals surface area contributed by atoms with Crippen LogP contribution in [-0.2, 0) is 32.2 Å². The summed E-state index contributed by atoms with van der Waals surface area (Å²) in [5, 5.41) is 15.9. The standard InChI is InChI=1S/C35H39Cl2N5O5/c36-33-34(37)42(22-39-33)20-27-19-30(24-16-14-23(21-43)15-17-24)47-35(46-27)25-8-7-9-26(18-25)40-31(44)12-3-1-2-4-13-32(45)41-29-11-6-5-10-28(29)38/h5-11,14-18,22,27,30,35,43H,1-4,12-13,19-21,38H2,(H,40,44)(H,41,45)/t27-,30+,35+/m1/s1. The maximum absolute atomic E-state index is 12.8. The zero-order valence-corrected chi connectivity index (χ0v) is 27.4. The fourth-order valence-corrected chi connectivity index (χ4v) is 5.77. The lowest BCUT2D eigenvalue weighted by Crippen LogP contribution is -2.32. The number of nitrogens with one attached hydrogen (secondary N) is 2. The van der Waals surface area contributed by atoms with Gasteiger partial charge < -0.3 is 35.5 Å². The van der Waals surface area contributed by atoms with E-state index in [4.69, 9.17) is 38.4 Å². The quantitative estimate of drug-likeness (QED) is 0.0802. The summed E-state index contributed by atoms with van der Waals surface area (Å²) in [5.41, 5.74) is 10.2. The molecule has 47 heavy (non-hydrogen) atoms. The number of nitrogens with two attached hydrogens (primary N) is 1. The van der Waals surface area contributed by atoms with Gasteiger partial charge in [-0.3, -0.25) is 9.59 Å². The van der Waals surface area contributed by atoms with Crippen LogP contribution >= 0.6 is 23.2 Å². The van der Waals surface area contributed by atoms with Crippen molar-refractivity contribution in [2.75, 3.05) is 16.4 Å². The summed E-state index contributed by atoms with van der Waals surface area (Å²) in [4.78, 5) is 29.0. The minimum atomic E-state index is -0.707. The van der Waals surface area contributed by atoms with Crippen LogP contribution in [-0.4, -0.2) is 32.6 Å². The average molecular weight is 681 g/mol. The summed E-state index contributed by atoms with van der Waals surface area (Å²) in [5.74, 6) is -0.158. The lowest BCUT2D eigenvalue weighted by molar-refractivity contribution is -0.252. The predicted molar refractivity (Wildman–Crippen MR) is 183 cm³/mol. The Morgan fingerprint density at radius 3 is 2.30 bits per heavy atom. The van der Waals surface area contributed by atoms with Crippen LogP contribution in [0.3, 0.4) is 0 Å². The van der Waals surface area contributed by atoms with Crippen LogP contribution in [0.5, 0.6) is 0 Å². The fraction of sp³-hybridized carbons (Fsp3) is 0.343. The number of hydrogen-bond acceptors (Lipinski definition) is 7. The summed E-state index contributed by atoms with van der Waals surface area (Å²) in [6, 6.07) is 22.3. The Kier molecular flexibility index (Phi) is 12.3. The molecule has 1 saturated heterocycles. The number of aliphatic hydroxyl groups is 1. The molecule has 1 fully saturated rings. The highest BCUT2D eigenvalue weighted by Gasteiger charge is 2.33. The number of halogens is 2. The molecule has 0 spiro atoms. The van der Waals surface area contributed by atoms with Gasteiger partial charge >= 0.3 is 0 Å². The molecule has 2 heterocycles. The predicted octanol–water partition coefficient (Wildman–Crippen LogP) is 7.43. The van der Waals surface area contributed by atoms with Gasteiger partial charge in [-0.15, -0.1) is 0 Å². The largest absolute Gasteiger partial charge is 0.397 e. The number of anilines is 3. The third-order valence-corrected chi connectivity index (χ3v) is 8.75. The number of amides is 2. The molecular formula is C35H39Cl2N5O5. The monoisotopic (exact) mass is 679 g/mol. The Labute approximate surface area is 284 Å². The average Bonchev–Trinajstić information content (AvgIpc) is 3.39. The Bertz CT molecular complexity index is 1650. The smallest absolute Gasteiger partial charge is 0.224 e. The molecule has 3 aromatic carbocycles. The number of ether oxygens (including phenoxy) is 2. The molecule has 1 aliphatic heterocycles. The first kappa shape index (κ1) is 34.4. The van der Waals surface area contributed by atoms with Crippen molar-refractivity contribution in [1.29, 1.82) is 0 Å². The number of para-hydroxylation sites is 2. The molecule has 2 amide bonds. The zero-order valence-electron chi connectivity index (χ0n) is 25.9. The number of unbranched alkanes of at least 4 members (excludes halogenated alkanes) is 3. The van der Waals surface area contributed by atoms with Crippen LogP contribution < -0.4 is 16.4 Å². The van der Waals surface area contributed by atoms with Crippen LogP contribution in [0, 0.1) is 0 Å². The third-order valence-electron chi connectivity index (χ3n) is 7.98. The lowest BCUT2D eigenvalue weighted by atomic mass is 10.00. The number of carbonyl (C=O) groups excluding carboxylic acids is 2. The first-order chi connectivity index (χ1) is 22.8. The number of aliphatic hydroxyl groups excluding tert-OH is 1. The summed E-state index contributed by atoms with van der Waals surface area (Å²) >= 11 is 12.4. The molecule has 0 radical (unpaired) electrons. The summed E-state index contributed by atoms with van der Waals surface area (Å²) in [6.07, 6.45) is 4.77. The van der Waals surface area contributed by atoms with Gasteiger partial charge in [-0.25, -0.2) is 4.98 Å². The number of benzene rings is 3. The van der Waals surface area contributed by atoms with Crippen molar-refractivity contribution < 1.29 is 24.2 Å². The number of nitrogen functional groups attached to an aromatic ring is 1. The van der Waals surface area contributed by atoms with E-state index < -0.39 is 6.29 Å². The van der Waals surface area contributed by atoms with Gasteiger partial charge in [0.05, 0.1) is 43.1 Å². The topological polar surface area (TPSA) is 141 Å². The molecular weight excluding hydrogens is 641 g/mol. The Morgan fingerprint density at radius 1 is 0.894 bits per heavy atom. The van der Waals surface area contributed by atoms with E-state index in [1.807, 2.05) is 60.7 Å². The number of rotatable bonds is 14. The number of nitrogens with zero attached hydrogens (tertiary/aromatic N) is 2. The van der Waals surface area contributed by atoms with Crippen LogP contribution in [0.25, 0.3) is 0 Å². The highest BCUT2D eigenvalue weighted by molar-refractivity contribution is 6.40. The van der Waals surface area contributed by atoms with Gasteiger partial charge in [-0.1, -0.05) is 84.6 Å². The molecule has 10 nitrogen and oxygen atoms in total. The van der Waals surface area contributed by atoms with E-state index in [1.54, 1.807) is 23.0 Å². The molecule has 5 rings (SSSR count). The van der Waals surface area contributed by atoms with Crippen LogP contribution in [0.1, 0.15) is 74.0 Å². The summed E-state index contributed by atoms with van der Waals surface area (Å²) in [6.45, 7) is 0.384. The number of imidazole rings is 1. The molecule has 0 aliphatic carbocycles. The van der Waals surface area contributed by atoms with E-state index in [-0.39, 0.29) is 35.8 Å². The van der Waals surface area contributed by atoms with Crippen LogP contribution in [0.2, 0.25) is 10.3 Å². The first-order valence-electron chi connectivity index (χ1n) is 15.7. The second-order valence-electron chi connectivity index (χ2n) is 11.6. The van der Waals surface area contributed by atoms with Gasteiger partial charge in [0.2, 0.25) is 11.8 Å². The first-order valence-corrected chi connectivity index (χ1v) is 16.5. The molecule has 0 saturated carbocycles. The van der Waals surface area contributed by atoms with Gasteiger partial charge in [-0.2, -0.15) is 0 Å². The van der Waals surface area contributed by atoms with E-state index in [9.17, 15) is 14.7 Å². The van der Waals surface area contributed by atoms with Crippen molar-refractivity contribution in [2.45, 2.75) is 76.6 Å². The summed E-state index contributed by atoms with van der Waals surface area (Å²) in [7, 11) is 0. The molecule has 0 bridgehead atoms. The van der Waals surface area contributed by atoms with Crippen molar-refractivity contribution >= 4 is 52.1 Å². The second-order valence-corrected chi connectivity index (χ2v) is 12.3. The number of hydrogen-bond donors (Lipinski definition) is 4. The molecule has 12 heteroatoms. The molecule has 1 aliphatic rings. The maximum atomic E-state index is 12.8. The van der Waals surface area contributed by atoms with E-state index >= 15 is 0 Å². The molecule has 248 valence electrons. The van der Waals surface area contributed by atoms with E-state index in [2.05, 4.69) is 15.6 Å². The van der Waals surface area contributed by atoms with E-state index in [1.165, 1.54) is 0 Å². The normalized spacial score (nSPS) is 17.7. The van der Waals surface area contributed by atoms with Crippen LogP contribution in [0.15, 0.2) is 79.1 Å². The van der Waals surface area contributed by atoms with E-state index in [0.29, 0.717) is 54.4 Å². The highest BCUT2D eigenvalue weighted by Crippen LogP contribution is 2.39. The van der Waals surface area contributed by atoms with E-state index in [0.717, 1.165) is 36.0 Å². The van der Waals surface area contributed by atoms with Gasteiger partial charge in [0.15, 0.2) is 11.4 Å². The number of aromatic nitrogens is 2. The maximum Gasteiger partial charge on any atom is 0.224 e. The Hall–Kier alpha value is -3.93. The Morgan fingerprint density at radius 2 is 1.62 bits per heavy atom. The molecule has 0 unspecified atom stereocenters. The minimum Gasteiger partial charge on any atom is -0.397 e.